The lowest BCUT2D eigenvalue weighted by Gasteiger charge is -2.07. The zero-order valence-corrected chi connectivity index (χ0v) is 17.8. The third kappa shape index (κ3) is 5.77. The fourth-order valence-corrected chi connectivity index (χ4v) is 4.49. The number of nitrogens with zero attached hydrogens (tertiary/aromatic N) is 1. The number of amides is 1. The Balaban J connectivity index is 1.53. The maximum absolute atomic E-state index is 12.2. The van der Waals surface area contributed by atoms with E-state index < -0.39 is 10.0 Å². The topological polar surface area (TPSA) is 97.4 Å². The van der Waals surface area contributed by atoms with Gasteiger partial charge in [-0.25, -0.2) is 18.1 Å². The van der Waals surface area contributed by atoms with Crippen molar-refractivity contribution in [3.63, 3.8) is 0 Å². The van der Waals surface area contributed by atoms with Gasteiger partial charge in [0.2, 0.25) is 15.9 Å². The highest BCUT2D eigenvalue weighted by molar-refractivity contribution is 7.89. The minimum Gasteiger partial charge on any atom is -0.497 e. The van der Waals surface area contributed by atoms with Gasteiger partial charge in [0.15, 0.2) is 5.13 Å². The van der Waals surface area contributed by atoms with E-state index in [1.54, 1.807) is 19.2 Å². The minimum absolute atomic E-state index is 0.0305. The van der Waals surface area contributed by atoms with Crippen molar-refractivity contribution in [2.75, 3.05) is 19.0 Å². The Bertz CT molecular complexity index is 1100. The molecule has 1 heterocycles. The second-order valence-electron chi connectivity index (χ2n) is 5.92. The second-order valence-corrected chi connectivity index (χ2v) is 8.98. The molecule has 0 atom stereocenters. The zero-order valence-electron chi connectivity index (χ0n) is 15.4. The molecule has 10 heteroatoms. The van der Waals surface area contributed by atoms with Gasteiger partial charge in [-0.3, -0.25) is 4.79 Å². The summed E-state index contributed by atoms with van der Waals surface area (Å²) in [5.41, 5.74) is 1.63. The highest BCUT2D eigenvalue weighted by atomic mass is 35.5. The van der Waals surface area contributed by atoms with Crippen LogP contribution < -0.4 is 14.8 Å². The van der Waals surface area contributed by atoms with E-state index in [-0.39, 0.29) is 23.8 Å². The van der Waals surface area contributed by atoms with Gasteiger partial charge in [-0.05, 0) is 42.5 Å². The molecule has 1 aromatic heterocycles. The van der Waals surface area contributed by atoms with Gasteiger partial charge >= 0.3 is 0 Å². The van der Waals surface area contributed by atoms with Crippen molar-refractivity contribution < 1.29 is 17.9 Å². The maximum atomic E-state index is 12.2. The lowest BCUT2D eigenvalue weighted by molar-refractivity contribution is -0.116. The van der Waals surface area contributed by atoms with Gasteiger partial charge in [0.1, 0.15) is 5.75 Å². The quantitative estimate of drug-likeness (QED) is 0.543. The molecule has 152 valence electrons. The summed E-state index contributed by atoms with van der Waals surface area (Å²) in [6.07, 6.45) is -0.0305. The van der Waals surface area contributed by atoms with Crippen LogP contribution in [0.15, 0.2) is 58.8 Å². The van der Waals surface area contributed by atoms with Crippen molar-refractivity contribution in [3.8, 4) is 17.0 Å². The molecule has 0 bridgehead atoms. The van der Waals surface area contributed by atoms with Crippen LogP contribution in [-0.2, 0) is 14.8 Å². The van der Waals surface area contributed by atoms with E-state index in [0.29, 0.717) is 10.2 Å². The zero-order chi connectivity index (χ0) is 20.9. The fourth-order valence-electron chi connectivity index (χ4n) is 2.42. The first-order chi connectivity index (χ1) is 13.9. The van der Waals surface area contributed by atoms with Gasteiger partial charge in [-0.15, -0.1) is 11.3 Å². The summed E-state index contributed by atoms with van der Waals surface area (Å²) in [6, 6.07) is 13.3. The van der Waals surface area contributed by atoms with E-state index >= 15 is 0 Å². The Morgan fingerprint density at radius 1 is 1.21 bits per heavy atom. The third-order valence-corrected chi connectivity index (χ3v) is 6.34. The molecular formula is C19H18ClN3O4S2. The number of benzene rings is 2. The average molecular weight is 452 g/mol. The van der Waals surface area contributed by atoms with E-state index in [1.165, 1.54) is 23.5 Å². The van der Waals surface area contributed by atoms with Crippen molar-refractivity contribution in [2.45, 2.75) is 11.3 Å². The molecule has 3 rings (SSSR count). The van der Waals surface area contributed by atoms with Crippen LogP contribution in [0.25, 0.3) is 11.3 Å². The first-order valence-electron chi connectivity index (χ1n) is 8.52. The Hall–Kier alpha value is -2.46. The van der Waals surface area contributed by atoms with Gasteiger partial charge in [0.05, 0.1) is 17.7 Å². The average Bonchev–Trinajstić information content (AvgIpc) is 3.16. The molecule has 0 aliphatic heterocycles. The lowest BCUT2D eigenvalue weighted by Crippen LogP contribution is -2.27. The van der Waals surface area contributed by atoms with Crippen LogP contribution in [0.4, 0.5) is 5.13 Å². The highest BCUT2D eigenvalue weighted by Gasteiger charge is 2.15. The summed E-state index contributed by atoms with van der Waals surface area (Å²) in [5, 5.41) is 5.27. The van der Waals surface area contributed by atoms with Crippen LogP contribution in [-0.4, -0.2) is 33.0 Å². The molecule has 0 spiro atoms. The summed E-state index contributed by atoms with van der Waals surface area (Å²) in [5.74, 6) is 0.409. The number of rotatable bonds is 8. The van der Waals surface area contributed by atoms with E-state index in [2.05, 4.69) is 15.0 Å². The molecule has 0 saturated carbocycles. The molecule has 0 aliphatic rings. The summed E-state index contributed by atoms with van der Waals surface area (Å²) in [6.45, 7) is -0.0443. The normalized spacial score (nSPS) is 11.2. The number of anilines is 1. The monoisotopic (exact) mass is 451 g/mol. The summed E-state index contributed by atoms with van der Waals surface area (Å²) in [4.78, 5) is 16.5. The third-order valence-electron chi connectivity index (χ3n) is 3.89. The summed E-state index contributed by atoms with van der Waals surface area (Å²) >= 11 is 7.11. The molecule has 0 fully saturated rings. The standard InChI is InChI=1S/C19H18ClN3O4S2/c1-27-15-7-5-13(6-8-15)17-12-28-19(22-17)23-18(24)9-10-21-29(25,26)16-4-2-3-14(20)11-16/h2-8,11-12,21H,9-10H2,1H3,(H,22,23,24). The number of methoxy groups -OCH3 is 1. The van der Waals surface area contributed by atoms with Gasteiger partial charge in [-0.2, -0.15) is 0 Å². The summed E-state index contributed by atoms with van der Waals surface area (Å²) in [7, 11) is -2.13. The van der Waals surface area contributed by atoms with Gasteiger partial charge < -0.3 is 10.1 Å². The van der Waals surface area contributed by atoms with Gasteiger partial charge in [0.25, 0.3) is 0 Å². The highest BCUT2D eigenvalue weighted by Crippen LogP contribution is 2.26. The number of thiazole rings is 1. The predicted molar refractivity (Wildman–Crippen MR) is 114 cm³/mol. The molecule has 2 aromatic carbocycles. The number of carbonyl (C=O) groups is 1. The number of hydrogen-bond acceptors (Lipinski definition) is 6. The van der Waals surface area contributed by atoms with E-state index in [4.69, 9.17) is 16.3 Å². The van der Waals surface area contributed by atoms with Crippen molar-refractivity contribution >= 4 is 44.0 Å². The molecule has 29 heavy (non-hydrogen) atoms. The molecule has 1 amide bonds. The number of nitrogens with one attached hydrogen (secondary N) is 2. The number of sulfonamides is 1. The molecule has 3 aromatic rings. The molecule has 0 aliphatic carbocycles. The van der Waals surface area contributed by atoms with Crippen LogP contribution >= 0.6 is 22.9 Å². The van der Waals surface area contributed by atoms with Crippen molar-refractivity contribution in [1.82, 2.24) is 9.71 Å². The predicted octanol–water partition coefficient (Wildman–Crippen LogP) is 3.78. The van der Waals surface area contributed by atoms with E-state index in [1.807, 2.05) is 29.6 Å². The number of ether oxygens (including phenoxy) is 1. The van der Waals surface area contributed by atoms with E-state index in [9.17, 15) is 13.2 Å². The maximum Gasteiger partial charge on any atom is 0.240 e. The van der Waals surface area contributed by atoms with Crippen LogP contribution in [0.3, 0.4) is 0 Å². The van der Waals surface area contributed by atoms with Crippen molar-refractivity contribution in [1.29, 1.82) is 0 Å². The first-order valence-corrected chi connectivity index (χ1v) is 11.3. The molecule has 0 unspecified atom stereocenters. The Morgan fingerprint density at radius 3 is 2.66 bits per heavy atom. The fraction of sp³-hybridized carbons (Fsp3) is 0.158. The van der Waals surface area contributed by atoms with Crippen LogP contribution in [0.2, 0.25) is 5.02 Å². The lowest BCUT2D eigenvalue weighted by atomic mass is 10.2. The number of aromatic nitrogens is 1. The smallest absolute Gasteiger partial charge is 0.240 e. The second kappa shape index (κ2) is 9.36. The minimum atomic E-state index is -3.73. The van der Waals surface area contributed by atoms with E-state index in [0.717, 1.165) is 17.0 Å². The Morgan fingerprint density at radius 2 is 1.97 bits per heavy atom. The SMILES string of the molecule is COc1ccc(-c2csc(NC(=O)CCNS(=O)(=O)c3cccc(Cl)c3)n2)cc1. The van der Waals surface area contributed by atoms with Crippen LogP contribution in [0.5, 0.6) is 5.75 Å². The van der Waals surface area contributed by atoms with Gasteiger partial charge in [0, 0.05) is 28.9 Å². The van der Waals surface area contributed by atoms with Crippen molar-refractivity contribution in [3.05, 3.63) is 58.9 Å². The Labute approximate surface area is 177 Å². The molecular weight excluding hydrogens is 434 g/mol. The first kappa shape index (κ1) is 21.3. The largest absolute Gasteiger partial charge is 0.497 e. The molecule has 7 nitrogen and oxygen atoms in total. The number of halogens is 1. The van der Waals surface area contributed by atoms with Gasteiger partial charge in [-0.1, -0.05) is 17.7 Å². The number of carbonyl (C=O) groups excluding carboxylic acids is 1. The molecule has 2 N–H and O–H groups in total. The number of hydrogen-bond donors (Lipinski definition) is 2. The van der Waals surface area contributed by atoms with Crippen LogP contribution in [0, 0.1) is 0 Å². The molecule has 0 radical (unpaired) electrons. The van der Waals surface area contributed by atoms with Crippen LogP contribution in [0.1, 0.15) is 6.42 Å². The molecule has 0 saturated heterocycles. The van der Waals surface area contributed by atoms with Crippen molar-refractivity contribution in [2.24, 2.45) is 0 Å². The Kier molecular flexibility index (Phi) is 6.86. The summed E-state index contributed by atoms with van der Waals surface area (Å²) < 4.78 is 31.9.